The summed E-state index contributed by atoms with van der Waals surface area (Å²) >= 11 is 5.98. The average molecular weight is 514 g/mol. The van der Waals surface area contributed by atoms with Crippen molar-refractivity contribution in [2.24, 2.45) is 10.2 Å². The molecule has 0 radical (unpaired) electrons. The molecule has 2 heterocycles. The third-order valence-corrected chi connectivity index (χ3v) is 6.21. The van der Waals surface area contributed by atoms with E-state index in [1.807, 2.05) is 78.9 Å². The van der Waals surface area contributed by atoms with Crippen molar-refractivity contribution in [1.82, 2.24) is 15.0 Å². The van der Waals surface area contributed by atoms with E-state index in [-0.39, 0.29) is 5.95 Å². The summed E-state index contributed by atoms with van der Waals surface area (Å²) in [6, 6.07) is 25.2. The zero-order valence-corrected chi connectivity index (χ0v) is 21.2. The first-order valence-corrected chi connectivity index (χ1v) is 12.8. The molecule has 1 aliphatic rings. The molecule has 9 heteroatoms. The molecule has 3 aromatic carbocycles. The van der Waals surface area contributed by atoms with Crippen molar-refractivity contribution in [2.45, 2.75) is 32.4 Å². The van der Waals surface area contributed by atoms with Crippen molar-refractivity contribution in [2.75, 3.05) is 23.3 Å². The Hall–Kier alpha value is -4.04. The van der Waals surface area contributed by atoms with Crippen LogP contribution in [0.4, 0.5) is 23.5 Å². The first kappa shape index (κ1) is 24.6. The number of hydrogen-bond acceptors (Lipinski definition) is 8. The van der Waals surface area contributed by atoms with E-state index in [1.165, 1.54) is 6.42 Å². The van der Waals surface area contributed by atoms with Crippen molar-refractivity contribution < 1.29 is 4.74 Å². The standard InChI is InChI=1S/C28H28ClN7O/c29-23-15-13-21(14-16-23)20-37-25-12-6-5-9-22(25)19-30-35-27-32-26(31-24-10-3-1-4-11-24)33-28(34-27)36-17-7-2-8-18-36/h1,3-6,9-16H,2,7-8,17-20H2,(H,31,32,33,34). The van der Waals surface area contributed by atoms with Gasteiger partial charge in [-0.15, -0.1) is 5.11 Å². The number of nitrogens with zero attached hydrogens (tertiary/aromatic N) is 6. The lowest BCUT2D eigenvalue weighted by molar-refractivity contribution is 0.303. The minimum absolute atomic E-state index is 0.272. The Bertz CT molecular complexity index is 1330. The van der Waals surface area contributed by atoms with Gasteiger partial charge in [-0.1, -0.05) is 60.1 Å². The number of rotatable bonds is 9. The molecule has 4 aromatic rings. The molecule has 0 aliphatic carbocycles. The number of halogens is 1. The van der Waals surface area contributed by atoms with Crippen molar-refractivity contribution >= 4 is 35.1 Å². The van der Waals surface area contributed by atoms with Crippen molar-refractivity contribution in [1.29, 1.82) is 0 Å². The molecular weight excluding hydrogens is 486 g/mol. The predicted octanol–water partition coefficient (Wildman–Crippen LogP) is 7.12. The fraction of sp³-hybridized carbons (Fsp3) is 0.250. The molecule has 1 saturated heterocycles. The molecule has 1 aromatic heterocycles. The highest BCUT2D eigenvalue weighted by Gasteiger charge is 2.16. The van der Waals surface area contributed by atoms with Crippen LogP contribution in [-0.4, -0.2) is 28.0 Å². The van der Waals surface area contributed by atoms with Crippen LogP contribution in [0.3, 0.4) is 0 Å². The van der Waals surface area contributed by atoms with E-state index in [2.05, 4.69) is 35.4 Å². The number of hydrogen-bond donors (Lipinski definition) is 1. The van der Waals surface area contributed by atoms with Crippen LogP contribution in [0.5, 0.6) is 5.75 Å². The Kier molecular flexibility index (Phi) is 8.18. The molecule has 0 amide bonds. The maximum absolute atomic E-state index is 6.05. The zero-order valence-electron chi connectivity index (χ0n) is 20.4. The fourth-order valence-electron chi connectivity index (χ4n) is 4.03. The maximum Gasteiger partial charge on any atom is 0.275 e. The monoisotopic (exact) mass is 513 g/mol. The molecule has 1 N–H and O–H groups in total. The maximum atomic E-state index is 6.05. The third-order valence-electron chi connectivity index (χ3n) is 5.96. The molecule has 1 fully saturated rings. The van der Waals surface area contributed by atoms with Crippen LogP contribution in [0, 0.1) is 0 Å². The fourth-order valence-corrected chi connectivity index (χ4v) is 4.16. The van der Waals surface area contributed by atoms with Crippen molar-refractivity contribution in [3.05, 3.63) is 95.0 Å². The van der Waals surface area contributed by atoms with Crippen LogP contribution in [0.1, 0.15) is 30.4 Å². The van der Waals surface area contributed by atoms with Crippen molar-refractivity contribution in [3.8, 4) is 5.75 Å². The minimum atomic E-state index is 0.272. The van der Waals surface area contributed by atoms with Gasteiger partial charge in [0.15, 0.2) is 0 Å². The molecule has 0 unspecified atom stereocenters. The number of piperidine rings is 1. The Balaban J connectivity index is 1.31. The normalized spacial score (nSPS) is 13.6. The van der Waals surface area contributed by atoms with Gasteiger partial charge in [-0.3, -0.25) is 0 Å². The highest BCUT2D eigenvalue weighted by Crippen LogP contribution is 2.24. The predicted molar refractivity (Wildman–Crippen MR) is 146 cm³/mol. The number of ether oxygens (including phenoxy) is 1. The van der Waals surface area contributed by atoms with Crippen LogP contribution < -0.4 is 15.0 Å². The van der Waals surface area contributed by atoms with E-state index in [1.54, 1.807) is 0 Å². The molecule has 8 nitrogen and oxygen atoms in total. The number of anilines is 3. The Morgan fingerprint density at radius 3 is 2.41 bits per heavy atom. The quantitative estimate of drug-likeness (QED) is 0.240. The summed E-state index contributed by atoms with van der Waals surface area (Å²) in [6.45, 7) is 2.61. The number of para-hydroxylation sites is 2. The largest absolute Gasteiger partial charge is 0.489 e. The summed E-state index contributed by atoms with van der Waals surface area (Å²) in [5.74, 6) is 2.09. The van der Waals surface area contributed by atoms with E-state index in [9.17, 15) is 0 Å². The summed E-state index contributed by atoms with van der Waals surface area (Å²) in [7, 11) is 0. The van der Waals surface area contributed by atoms with E-state index < -0.39 is 0 Å². The van der Waals surface area contributed by atoms with E-state index in [0.717, 1.165) is 48.5 Å². The molecule has 5 rings (SSSR count). The Morgan fingerprint density at radius 2 is 1.59 bits per heavy atom. The van der Waals surface area contributed by atoms with Crippen LogP contribution >= 0.6 is 11.6 Å². The number of aromatic nitrogens is 3. The molecule has 0 atom stereocenters. The molecule has 188 valence electrons. The molecule has 1 aliphatic heterocycles. The van der Waals surface area contributed by atoms with E-state index in [4.69, 9.17) is 16.3 Å². The minimum Gasteiger partial charge on any atom is -0.489 e. The Morgan fingerprint density at radius 1 is 0.838 bits per heavy atom. The third kappa shape index (κ3) is 7.01. The van der Waals surface area contributed by atoms with Crippen LogP contribution in [0.2, 0.25) is 5.02 Å². The second-order valence-electron chi connectivity index (χ2n) is 8.72. The molecule has 0 saturated carbocycles. The first-order chi connectivity index (χ1) is 18.2. The topological polar surface area (TPSA) is 87.9 Å². The molecule has 0 spiro atoms. The van der Waals surface area contributed by atoms with Crippen molar-refractivity contribution in [3.63, 3.8) is 0 Å². The second-order valence-corrected chi connectivity index (χ2v) is 9.16. The second kappa shape index (κ2) is 12.3. The van der Waals surface area contributed by atoms with Gasteiger partial charge in [0.05, 0.1) is 6.54 Å². The van der Waals surface area contributed by atoms with Gasteiger partial charge >= 0.3 is 0 Å². The van der Waals surface area contributed by atoms with Crippen LogP contribution in [-0.2, 0) is 13.2 Å². The summed E-state index contributed by atoms with van der Waals surface area (Å²) < 4.78 is 6.05. The number of azo groups is 1. The van der Waals surface area contributed by atoms with E-state index >= 15 is 0 Å². The number of benzene rings is 3. The first-order valence-electron chi connectivity index (χ1n) is 12.4. The summed E-state index contributed by atoms with van der Waals surface area (Å²) in [5, 5.41) is 12.7. The number of nitrogens with one attached hydrogen (secondary N) is 1. The van der Waals surface area contributed by atoms with Gasteiger partial charge in [0.25, 0.3) is 5.95 Å². The van der Waals surface area contributed by atoms with Gasteiger partial charge in [0, 0.05) is 29.4 Å². The summed E-state index contributed by atoms with van der Waals surface area (Å²) in [6.07, 6.45) is 3.47. The Labute approximate surface area is 221 Å². The smallest absolute Gasteiger partial charge is 0.275 e. The van der Waals surface area contributed by atoms with Gasteiger partial charge in [-0.25, -0.2) is 0 Å². The molecule has 0 bridgehead atoms. The van der Waals surface area contributed by atoms with Gasteiger partial charge in [-0.05, 0) is 55.2 Å². The summed E-state index contributed by atoms with van der Waals surface area (Å²) in [5.41, 5.74) is 2.86. The van der Waals surface area contributed by atoms with Gasteiger partial charge in [0.1, 0.15) is 12.4 Å². The van der Waals surface area contributed by atoms with Gasteiger partial charge in [-0.2, -0.15) is 20.1 Å². The lowest BCUT2D eigenvalue weighted by atomic mass is 10.1. The zero-order chi connectivity index (χ0) is 25.3. The van der Waals surface area contributed by atoms with E-state index in [0.29, 0.717) is 30.1 Å². The van der Waals surface area contributed by atoms with Crippen LogP contribution in [0.15, 0.2) is 89.1 Å². The highest BCUT2D eigenvalue weighted by molar-refractivity contribution is 6.30. The molecule has 37 heavy (non-hydrogen) atoms. The lowest BCUT2D eigenvalue weighted by Crippen LogP contribution is -2.31. The van der Waals surface area contributed by atoms with Crippen LogP contribution in [0.25, 0.3) is 0 Å². The molecular formula is C28H28ClN7O. The van der Waals surface area contributed by atoms with Gasteiger partial charge < -0.3 is 15.0 Å². The highest BCUT2D eigenvalue weighted by atomic mass is 35.5. The average Bonchev–Trinajstić information content (AvgIpc) is 2.94. The lowest BCUT2D eigenvalue weighted by Gasteiger charge is -2.26. The van der Waals surface area contributed by atoms with Gasteiger partial charge in [0.2, 0.25) is 11.9 Å². The SMILES string of the molecule is Clc1ccc(COc2ccccc2CN=Nc2nc(Nc3ccccc3)nc(N3CCCCC3)n2)cc1. The summed E-state index contributed by atoms with van der Waals surface area (Å²) in [4.78, 5) is 15.9.